The highest BCUT2D eigenvalue weighted by Gasteiger charge is 2.03. The monoisotopic (exact) mass is 229 g/mol. The maximum absolute atomic E-state index is 11.2. The Morgan fingerprint density at radius 3 is 2.21 bits per heavy atom. The van der Waals surface area contributed by atoms with Gasteiger partial charge in [0.1, 0.15) is 5.24 Å². The summed E-state index contributed by atoms with van der Waals surface area (Å²) < 4.78 is 0. The van der Waals surface area contributed by atoms with Crippen LogP contribution in [0.4, 0.5) is 4.79 Å². The number of benzene rings is 1. The van der Waals surface area contributed by atoms with Crippen molar-refractivity contribution < 1.29 is 9.59 Å². The summed E-state index contributed by atoms with van der Waals surface area (Å²) in [6.07, 6.45) is 0. The van der Waals surface area contributed by atoms with Crippen LogP contribution in [0.15, 0.2) is 24.3 Å². The van der Waals surface area contributed by atoms with Crippen molar-refractivity contribution in [1.29, 1.82) is 0 Å². The quantitative estimate of drug-likeness (QED) is 0.563. The predicted molar refractivity (Wildman–Crippen MR) is 54.8 cm³/mol. The zero-order valence-corrected chi connectivity index (χ0v) is 8.48. The van der Waals surface area contributed by atoms with Gasteiger partial charge in [0, 0.05) is 10.6 Å². The Morgan fingerprint density at radius 1 is 1.14 bits per heavy atom. The summed E-state index contributed by atoms with van der Waals surface area (Å²) in [5.41, 5.74) is 4.52. The summed E-state index contributed by atoms with van der Waals surface area (Å²) >= 11 is 9.81. The summed E-state index contributed by atoms with van der Waals surface area (Å²) in [6.45, 7) is 0. The third-order valence-electron chi connectivity index (χ3n) is 1.38. The number of rotatable bonds is 1. The van der Waals surface area contributed by atoms with E-state index < -0.39 is 11.1 Å². The highest BCUT2D eigenvalue weighted by molar-refractivity contribution is 7.76. The number of halogens is 1. The first-order valence-electron chi connectivity index (χ1n) is 3.62. The molecule has 0 saturated heterocycles. The molecule has 0 unspecified atom stereocenters. The van der Waals surface area contributed by atoms with Crippen LogP contribution < -0.4 is 10.9 Å². The van der Waals surface area contributed by atoms with Gasteiger partial charge < -0.3 is 17.4 Å². The van der Waals surface area contributed by atoms with E-state index in [0.29, 0.717) is 10.6 Å². The number of nitrogens with one attached hydrogen (secondary N) is 2. The SMILES string of the molecule is O=C([S-])NNC(=O)c1ccc(Cl)cc1. The number of hydrazine groups is 1. The fourth-order valence-electron chi connectivity index (χ4n) is 0.781. The van der Waals surface area contributed by atoms with Gasteiger partial charge in [-0.25, -0.2) is 0 Å². The average Bonchev–Trinajstić information content (AvgIpc) is 2.15. The van der Waals surface area contributed by atoms with Gasteiger partial charge in [-0.05, 0) is 24.3 Å². The molecule has 0 bridgehead atoms. The minimum Gasteiger partial charge on any atom is -0.717 e. The average molecular weight is 230 g/mol. The molecule has 0 aliphatic carbocycles. The molecule has 0 heterocycles. The van der Waals surface area contributed by atoms with Crippen LogP contribution in [0.2, 0.25) is 5.02 Å². The second kappa shape index (κ2) is 4.78. The van der Waals surface area contributed by atoms with Crippen LogP contribution >= 0.6 is 11.6 Å². The van der Waals surface area contributed by atoms with Gasteiger partial charge in [-0.15, -0.1) is 0 Å². The summed E-state index contributed by atoms with van der Waals surface area (Å²) in [4.78, 5) is 21.5. The lowest BCUT2D eigenvalue weighted by atomic mass is 10.2. The van der Waals surface area contributed by atoms with Crippen molar-refractivity contribution in [3.8, 4) is 0 Å². The molecule has 0 aliphatic rings. The third kappa shape index (κ3) is 3.20. The summed E-state index contributed by atoms with van der Waals surface area (Å²) in [5.74, 6) is -0.445. The Bertz CT molecular complexity index is 353. The standard InChI is InChI=1S/C8H7ClN2O2S/c9-6-3-1-5(2-4-6)7(12)10-11-8(13)14/h1-4H,(H,10,12)(H2,11,13,14)/p-1. The molecule has 2 N–H and O–H groups in total. The maximum atomic E-state index is 11.2. The summed E-state index contributed by atoms with van der Waals surface area (Å²) in [5, 5.41) is -0.207. The number of carbonyl (C=O) groups is 2. The molecule has 0 spiro atoms. The number of amides is 2. The molecule has 2 amide bonds. The van der Waals surface area contributed by atoms with Gasteiger partial charge >= 0.3 is 0 Å². The molecule has 1 aromatic carbocycles. The molecule has 0 aromatic heterocycles. The molecule has 14 heavy (non-hydrogen) atoms. The molecule has 0 fully saturated rings. The summed E-state index contributed by atoms with van der Waals surface area (Å²) in [6, 6.07) is 6.22. The lowest BCUT2D eigenvalue weighted by Crippen LogP contribution is -2.39. The van der Waals surface area contributed by atoms with Crippen molar-refractivity contribution in [3.05, 3.63) is 34.9 Å². The molecule has 1 rings (SSSR count). The van der Waals surface area contributed by atoms with Crippen LogP contribution in [0.25, 0.3) is 0 Å². The van der Waals surface area contributed by atoms with Gasteiger partial charge in [0.15, 0.2) is 0 Å². The van der Waals surface area contributed by atoms with E-state index in [1.807, 2.05) is 5.43 Å². The minimum atomic E-state index is -0.743. The Hall–Kier alpha value is -1.33. The van der Waals surface area contributed by atoms with E-state index in [9.17, 15) is 9.59 Å². The fourth-order valence-corrected chi connectivity index (χ4v) is 0.958. The van der Waals surface area contributed by atoms with Crippen LogP contribution in [-0.2, 0) is 12.6 Å². The number of hydrogen-bond acceptors (Lipinski definition) is 3. The van der Waals surface area contributed by atoms with Gasteiger partial charge in [0.05, 0.1) is 0 Å². The van der Waals surface area contributed by atoms with Gasteiger partial charge in [-0.3, -0.25) is 15.6 Å². The van der Waals surface area contributed by atoms with Crippen molar-refractivity contribution in [2.75, 3.05) is 0 Å². The first-order chi connectivity index (χ1) is 6.59. The molecule has 74 valence electrons. The lowest BCUT2D eigenvalue weighted by molar-refractivity contribution is 0.0939. The van der Waals surface area contributed by atoms with Crippen molar-refractivity contribution in [3.63, 3.8) is 0 Å². The first kappa shape index (κ1) is 10.7. The second-order valence-corrected chi connectivity index (χ2v) is 3.18. The Balaban J connectivity index is 2.61. The summed E-state index contributed by atoms with van der Waals surface area (Å²) in [7, 11) is 0. The van der Waals surface area contributed by atoms with E-state index in [1.165, 1.54) is 12.1 Å². The molecule has 6 heteroatoms. The second-order valence-electron chi connectivity index (χ2n) is 2.37. The minimum absolute atomic E-state index is 0.387. The van der Waals surface area contributed by atoms with E-state index in [0.717, 1.165) is 0 Å². The van der Waals surface area contributed by atoms with E-state index in [1.54, 1.807) is 12.1 Å². The fraction of sp³-hybridized carbons (Fsp3) is 0. The lowest BCUT2D eigenvalue weighted by Gasteiger charge is -2.09. The van der Waals surface area contributed by atoms with Crippen LogP contribution in [0.1, 0.15) is 10.4 Å². The van der Waals surface area contributed by atoms with E-state index in [-0.39, 0.29) is 0 Å². The van der Waals surface area contributed by atoms with E-state index in [4.69, 9.17) is 11.6 Å². The molecular weight excluding hydrogens is 224 g/mol. The van der Waals surface area contributed by atoms with E-state index in [2.05, 4.69) is 18.1 Å². The number of carbonyl (C=O) groups excluding carboxylic acids is 2. The van der Waals surface area contributed by atoms with Crippen LogP contribution in [-0.4, -0.2) is 11.1 Å². The molecule has 4 nitrogen and oxygen atoms in total. The van der Waals surface area contributed by atoms with Crippen LogP contribution in [0.5, 0.6) is 0 Å². The molecule has 0 atom stereocenters. The largest absolute Gasteiger partial charge is 0.717 e. The van der Waals surface area contributed by atoms with E-state index >= 15 is 0 Å². The molecule has 1 aromatic rings. The highest BCUT2D eigenvalue weighted by atomic mass is 35.5. The van der Waals surface area contributed by atoms with Crippen molar-refractivity contribution in [2.24, 2.45) is 0 Å². The normalized spacial score (nSPS) is 9.21. The van der Waals surface area contributed by atoms with Crippen LogP contribution in [0, 0.1) is 0 Å². The van der Waals surface area contributed by atoms with Crippen molar-refractivity contribution in [2.45, 2.75) is 0 Å². The Kier molecular flexibility index (Phi) is 3.67. The van der Waals surface area contributed by atoms with Crippen molar-refractivity contribution >= 4 is 35.4 Å². The van der Waals surface area contributed by atoms with Gasteiger partial charge in [0.25, 0.3) is 5.91 Å². The molecule has 0 aliphatic heterocycles. The zero-order chi connectivity index (χ0) is 10.6. The van der Waals surface area contributed by atoms with Gasteiger partial charge in [-0.2, -0.15) is 0 Å². The molecule has 0 radical (unpaired) electrons. The first-order valence-corrected chi connectivity index (χ1v) is 4.41. The number of hydrogen-bond donors (Lipinski definition) is 2. The van der Waals surface area contributed by atoms with Gasteiger partial charge in [0.2, 0.25) is 0 Å². The molecular formula is C8H6ClN2O2S-. The maximum Gasteiger partial charge on any atom is 0.269 e. The predicted octanol–water partition coefficient (Wildman–Crippen LogP) is 1.24. The smallest absolute Gasteiger partial charge is 0.269 e. The topological polar surface area (TPSA) is 58.2 Å². The Labute approximate surface area is 91.0 Å². The van der Waals surface area contributed by atoms with Crippen molar-refractivity contribution in [1.82, 2.24) is 10.9 Å². The highest BCUT2D eigenvalue weighted by Crippen LogP contribution is 2.08. The Morgan fingerprint density at radius 2 is 1.71 bits per heavy atom. The zero-order valence-electron chi connectivity index (χ0n) is 6.91. The van der Waals surface area contributed by atoms with Gasteiger partial charge in [-0.1, -0.05) is 11.6 Å². The third-order valence-corrected chi connectivity index (χ3v) is 1.74. The van der Waals surface area contributed by atoms with Crippen LogP contribution in [0.3, 0.4) is 0 Å². The molecule has 0 saturated carbocycles.